The first kappa shape index (κ1) is 8.41. The van der Waals surface area contributed by atoms with Crippen molar-refractivity contribution < 1.29 is 0 Å². The molecule has 3 N–H and O–H groups in total. The average Bonchev–Trinajstić information content (AvgIpc) is 2.05. The van der Waals surface area contributed by atoms with E-state index in [0.717, 1.165) is 12.4 Å². The van der Waals surface area contributed by atoms with E-state index in [1.165, 1.54) is 0 Å². The number of terminal acetylenes is 1. The maximum absolute atomic E-state index is 5.54. The molecular formula is C9H11N3. The summed E-state index contributed by atoms with van der Waals surface area (Å²) >= 11 is 0. The number of anilines is 2. The normalized spacial score (nSPS) is 8.92. The fourth-order valence-corrected chi connectivity index (χ4v) is 0.806. The second-order valence-electron chi connectivity index (χ2n) is 2.36. The van der Waals surface area contributed by atoms with Gasteiger partial charge < -0.3 is 11.1 Å². The Labute approximate surface area is 72.0 Å². The van der Waals surface area contributed by atoms with Gasteiger partial charge >= 0.3 is 0 Å². The molecule has 0 unspecified atom stereocenters. The zero-order valence-corrected chi connectivity index (χ0v) is 6.75. The number of nitrogens with zero attached hydrogens (tertiary/aromatic N) is 1. The van der Waals surface area contributed by atoms with Crippen LogP contribution in [0.1, 0.15) is 6.42 Å². The lowest BCUT2D eigenvalue weighted by Gasteiger charge is -2.02. The Hall–Kier alpha value is -1.69. The summed E-state index contributed by atoms with van der Waals surface area (Å²) in [5, 5.41) is 3.05. The summed E-state index contributed by atoms with van der Waals surface area (Å²) < 4.78 is 0. The molecule has 0 saturated heterocycles. The minimum Gasteiger partial charge on any atom is -0.399 e. The van der Waals surface area contributed by atoms with Crippen LogP contribution < -0.4 is 11.1 Å². The van der Waals surface area contributed by atoms with Crippen LogP contribution in [0.3, 0.4) is 0 Å². The molecule has 3 heteroatoms. The number of hydrogen-bond acceptors (Lipinski definition) is 3. The van der Waals surface area contributed by atoms with E-state index >= 15 is 0 Å². The van der Waals surface area contributed by atoms with Gasteiger partial charge in [0, 0.05) is 30.9 Å². The van der Waals surface area contributed by atoms with Gasteiger partial charge in [0.1, 0.15) is 5.82 Å². The van der Waals surface area contributed by atoms with Gasteiger partial charge in [0.25, 0.3) is 0 Å². The van der Waals surface area contributed by atoms with E-state index < -0.39 is 0 Å². The molecule has 1 heterocycles. The van der Waals surface area contributed by atoms with Crippen molar-refractivity contribution in [1.82, 2.24) is 4.98 Å². The van der Waals surface area contributed by atoms with Gasteiger partial charge in [0.15, 0.2) is 0 Å². The van der Waals surface area contributed by atoms with Crippen LogP contribution in [0.25, 0.3) is 0 Å². The smallest absolute Gasteiger partial charge is 0.127 e. The summed E-state index contributed by atoms with van der Waals surface area (Å²) in [4.78, 5) is 4.05. The first-order valence-corrected chi connectivity index (χ1v) is 3.72. The Kier molecular flexibility index (Phi) is 2.97. The van der Waals surface area contributed by atoms with Crippen molar-refractivity contribution in [3.8, 4) is 12.3 Å². The number of nitrogen functional groups attached to an aromatic ring is 1. The van der Waals surface area contributed by atoms with Crippen molar-refractivity contribution in [2.24, 2.45) is 0 Å². The van der Waals surface area contributed by atoms with E-state index in [1.54, 1.807) is 18.3 Å². The quantitative estimate of drug-likeness (QED) is 0.515. The number of pyridine rings is 1. The number of hydrogen-bond donors (Lipinski definition) is 2. The van der Waals surface area contributed by atoms with Crippen LogP contribution in [0.5, 0.6) is 0 Å². The summed E-state index contributed by atoms with van der Waals surface area (Å²) in [5.74, 6) is 3.30. The zero-order valence-electron chi connectivity index (χ0n) is 6.75. The highest BCUT2D eigenvalue weighted by atomic mass is 15.0. The molecule has 0 aliphatic rings. The molecule has 0 aliphatic heterocycles. The van der Waals surface area contributed by atoms with E-state index in [1.807, 2.05) is 0 Å². The van der Waals surface area contributed by atoms with Crippen molar-refractivity contribution in [3.05, 3.63) is 18.3 Å². The van der Waals surface area contributed by atoms with Crippen LogP contribution in [0.15, 0.2) is 18.3 Å². The van der Waals surface area contributed by atoms with Gasteiger partial charge in [-0.25, -0.2) is 4.98 Å². The van der Waals surface area contributed by atoms with Crippen molar-refractivity contribution in [2.75, 3.05) is 17.6 Å². The predicted molar refractivity (Wildman–Crippen MR) is 50.6 cm³/mol. The SMILES string of the molecule is C#CCCNc1cc(N)ccn1. The van der Waals surface area contributed by atoms with Crippen molar-refractivity contribution in [2.45, 2.75) is 6.42 Å². The fraction of sp³-hybridized carbons (Fsp3) is 0.222. The largest absolute Gasteiger partial charge is 0.399 e. The standard InChI is InChI=1S/C9H11N3/c1-2-3-5-11-9-7-8(10)4-6-12-9/h1,4,6-7H,3,5H2,(H3,10,11,12). The highest BCUT2D eigenvalue weighted by Crippen LogP contribution is 2.06. The highest BCUT2D eigenvalue weighted by molar-refractivity contribution is 5.48. The molecule has 0 amide bonds. The van der Waals surface area contributed by atoms with Gasteiger partial charge in [-0.1, -0.05) is 0 Å². The molecule has 0 fully saturated rings. The average molecular weight is 161 g/mol. The lowest BCUT2D eigenvalue weighted by molar-refractivity contribution is 1.07. The lowest BCUT2D eigenvalue weighted by atomic mass is 10.4. The first-order chi connectivity index (χ1) is 5.83. The van der Waals surface area contributed by atoms with E-state index in [2.05, 4.69) is 16.2 Å². The Bertz CT molecular complexity index is 288. The van der Waals surface area contributed by atoms with Gasteiger partial charge in [-0.2, -0.15) is 0 Å². The maximum Gasteiger partial charge on any atom is 0.127 e. The highest BCUT2D eigenvalue weighted by Gasteiger charge is 1.91. The Morgan fingerprint density at radius 2 is 2.50 bits per heavy atom. The van der Waals surface area contributed by atoms with Gasteiger partial charge in [-0.15, -0.1) is 12.3 Å². The van der Waals surface area contributed by atoms with Gasteiger partial charge in [0.2, 0.25) is 0 Å². The minimum absolute atomic E-state index is 0.691. The third kappa shape index (κ3) is 2.51. The molecule has 1 aromatic rings. The van der Waals surface area contributed by atoms with Gasteiger partial charge in [-0.05, 0) is 6.07 Å². The van der Waals surface area contributed by atoms with E-state index in [4.69, 9.17) is 12.2 Å². The first-order valence-electron chi connectivity index (χ1n) is 3.72. The van der Waals surface area contributed by atoms with Gasteiger partial charge in [-0.3, -0.25) is 0 Å². The monoisotopic (exact) mass is 161 g/mol. The van der Waals surface area contributed by atoms with E-state index in [-0.39, 0.29) is 0 Å². The van der Waals surface area contributed by atoms with Crippen molar-refractivity contribution in [3.63, 3.8) is 0 Å². The number of aromatic nitrogens is 1. The predicted octanol–water partition coefficient (Wildman–Crippen LogP) is 1.10. The van der Waals surface area contributed by atoms with Crippen molar-refractivity contribution >= 4 is 11.5 Å². The molecule has 1 aromatic heterocycles. The second kappa shape index (κ2) is 4.24. The second-order valence-corrected chi connectivity index (χ2v) is 2.36. The molecule has 0 aromatic carbocycles. The molecule has 0 spiro atoms. The van der Waals surface area contributed by atoms with Crippen LogP contribution in [0, 0.1) is 12.3 Å². The molecule has 0 saturated carbocycles. The molecule has 0 atom stereocenters. The zero-order chi connectivity index (χ0) is 8.81. The number of nitrogens with two attached hydrogens (primary N) is 1. The van der Waals surface area contributed by atoms with E-state index in [9.17, 15) is 0 Å². The Morgan fingerprint density at radius 1 is 1.67 bits per heavy atom. The fourth-order valence-electron chi connectivity index (χ4n) is 0.806. The third-order valence-corrected chi connectivity index (χ3v) is 1.36. The Morgan fingerprint density at radius 3 is 3.17 bits per heavy atom. The van der Waals surface area contributed by atoms with Crippen LogP contribution in [0.2, 0.25) is 0 Å². The Balaban J connectivity index is 2.48. The van der Waals surface area contributed by atoms with Crippen molar-refractivity contribution in [1.29, 1.82) is 0 Å². The third-order valence-electron chi connectivity index (χ3n) is 1.36. The molecule has 62 valence electrons. The number of rotatable bonds is 3. The summed E-state index contributed by atoms with van der Waals surface area (Å²) in [6.45, 7) is 0.729. The molecule has 0 radical (unpaired) electrons. The van der Waals surface area contributed by atoms with E-state index in [0.29, 0.717) is 12.1 Å². The number of nitrogens with one attached hydrogen (secondary N) is 1. The van der Waals surface area contributed by atoms with Crippen LogP contribution in [-0.4, -0.2) is 11.5 Å². The lowest BCUT2D eigenvalue weighted by Crippen LogP contribution is -2.02. The minimum atomic E-state index is 0.691. The summed E-state index contributed by atoms with van der Waals surface area (Å²) in [5.41, 5.74) is 6.24. The molecule has 0 aliphatic carbocycles. The summed E-state index contributed by atoms with van der Waals surface area (Å²) in [7, 11) is 0. The molecule has 1 rings (SSSR count). The summed E-state index contributed by atoms with van der Waals surface area (Å²) in [6, 6.07) is 3.52. The summed E-state index contributed by atoms with van der Waals surface area (Å²) in [6.07, 6.45) is 7.44. The van der Waals surface area contributed by atoms with Gasteiger partial charge in [0.05, 0.1) is 0 Å². The van der Waals surface area contributed by atoms with Crippen LogP contribution in [0.4, 0.5) is 11.5 Å². The van der Waals surface area contributed by atoms with Crippen LogP contribution >= 0.6 is 0 Å². The molecule has 3 nitrogen and oxygen atoms in total. The molecule has 12 heavy (non-hydrogen) atoms. The van der Waals surface area contributed by atoms with Crippen LogP contribution in [-0.2, 0) is 0 Å². The maximum atomic E-state index is 5.54. The molecular weight excluding hydrogens is 150 g/mol. The topological polar surface area (TPSA) is 50.9 Å². The molecule has 0 bridgehead atoms.